The van der Waals surface area contributed by atoms with Gasteiger partial charge in [-0.25, -0.2) is 0 Å². The zero-order valence-electron chi connectivity index (χ0n) is 27.1. The summed E-state index contributed by atoms with van der Waals surface area (Å²) in [5.74, 6) is 0.584. The van der Waals surface area contributed by atoms with E-state index in [0.717, 1.165) is 11.9 Å². The predicted octanol–water partition coefficient (Wildman–Crippen LogP) is 10.9. The molecule has 1 saturated heterocycles. The monoisotopic (exact) mass is 629 g/mol. The van der Waals surface area contributed by atoms with Gasteiger partial charge in [0, 0.05) is 45.1 Å². The minimum absolute atomic E-state index is 0.0827. The lowest BCUT2D eigenvalue weighted by Crippen LogP contribution is -2.27. The van der Waals surface area contributed by atoms with E-state index in [0.29, 0.717) is 12.0 Å². The Morgan fingerprint density at radius 2 is 1.41 bits per heavy atom. The molecule has 6 aromatic rings. The Hall–Kier alpha value is -5.77. The molecule has 234 valence electrons. The second kappa shape index (κ2) is 11.4. The van der Waals surface area contributed by atoms with Crippen LogP contribution in [-0.4, -0.2) is 11.0 Å². The third kappa shape index (κ3) is 4.65. The molecule has 4 atom stereocenters. The van der Waals surface area contributed by atoms with Crippen LogP contribution in [0.2, 0.25) is 0 Å². The van der Waals surface area contributed by atoms with Crippen molar-refractivity contribution >= 4 is 33.4 Å². The van der Waals surface area contributed by atoms with Crippen molar-refractivity contribution in [2.45, 2.75) is 24.5 Å². The van der Waals surface area contributed by atoms with E-state index in [1.807, 2.05) is 0 Å². The second-order valence-corrected chi connectivity index (χ2v) is 13.5. The topological polar surface area (TPSA) is 28.2 Å². The lowest BCUT2D eigenvalue weighted by Gasteiger charge is -2.29. The Balaban J connectivity index is 1.02. The fourth-order valence-corrected chi connectivity index (χ4v) is 8.31. The SMILES string of the molecule is C1=CCC2NC(c3ccc(-c4ccc(-c5c6c(nc7c5ccc5ccccc57)C5C=CC=CC5C=C6)cc4)cc3)N(c3ccccc3)C2=C1. The van der Waals surface area contributed by atoms with Crippen LogP contribution in [0.4, 0.5) is 5.69 Å². The van der Waals surface area contributed by atoms with Gasteiger partial charge in [-0.1, -0.05) is 152 Å². The summed E-state index contributed by atoms with van der Waals surface area (Å²) in [6.45, 7) is 0. The summed E-state index contributed by atoms with van der Waals surface area (Å²) in [7, 11) is 0. The summed E-state index contributed by atoms with van der Waals surface area (Å²) in [5.41, 5.74) is 12.2. The fourth-order valence-electron chi connectivity index (χ4n) is 8.31. The molecule has 1 aromatic heterocycles. The van der Waals surface area contributed by atoms with Crippen LogP contribution in [0.1, 0.15) is 35.3 Å². The number of benzene rings is 5. The van der Waals surface area contributed by atoms with E-state index in [1.54, 1.807) is 0 Å². The lowest BCUT2D eigenvalue weighted by molar-refractivity contribution is 0.568. The van der Waals surface area contributed by atoms with Gasteiger partial charge in [0.15, 0.2) is 0 Å². The number of nitrogens with one attached hydrogen (secondary N) is 1. The Labute approximate surface area is 286 Å². The summed E-state index contributed by atoms with van der Waals surface area (Å²) in [4.78, 5) is 7.87. The number of pyridine rings is 1. The van der Waals surface area contributed by atoms with E-state index in [9.17, 15) is 0 Å². The standard InChI is InChI=1S/C46H35N3/c1-2-12-36(13-3-1)49-42-17-9-8-16-41(42)47-46(49)35-24-20-31(21-25-35)30-18-22-34(23-19-30)43-39-28-26-32-10-4-6-14-37(32)44(39)48-45-38-15-7-5-11-33(38)27-29-40(43)45/h1-15,17-29,32,37,41,46-47H,16H2. The molecular formula is C46H35N3. The van der Waals surface area contributed by atoms with Crippen LogP contribution in [-0.2, 0) is 0 Å². The first-order valence-electron chi connectivity index (χ1n) is 17.4. The van der Waals surface area contributed by atoms with Gasteiger partial charge >= 0.3 is 0 Å². The van der Waals surface area contributed by atoms with Crippen molar-refractivity contribution in [3.63, 3.8) is 0 Å². The molecule has 0 spiro atoms. The van der Waals surface area contributed by atoms with Crippen LogP contribution < -0.4 is 10.2 Å². The molecule has 2 heterocycles. The first kappa shape index (κ1) is 28.3. The maximum atomic E-state index is 5.42. The van der Waals surface area contributed by atoms with E-state index < -0.39 is 0 Å². The van der Waals surface area contributed by atoms with Gasteiger partial charge in [-0.3, -0.25) is 10.3 Å². The van der Waals surface area contributed by atoms with E-state index in [-0.39, 0.29) is 12.1 Å². The first-order chi connectivity index (χ1) is 24.3. The van der Waals surface area contributed by atoms with Crippen molar-refractivity contribution in [1.29, 1.82) is 0 Å². The smallest absolute Gasteiger partial charge is 0.111 e. The van der Waals surface area contributed by atoms with E-state index in [2.05, 4.69) is 180 Å². The molecule has 4 unspecified atom stereocenters. The second-order valence-electron chi connectivity index (χ2n) is 13.5. The molecule has 1 N–H and O–H groups in total. The maximum Gasteiger partial charge on any atom is 0.111 e. The lowest BCUT2D eigenvalue weighted by atomic mass is 9.77. The van der Waals surface area contributed by atoms with E-state index >= 15 is 0 Å². The maximum absolute atomic E-state index is 5.42. The average Bonchev–Trinajstić information content (AvgIpc) is 3.57. The van der Waals surface area contributed by atoms with Crippen molar-refractivity contribution in [3.05, 3.63) is 186 Å². The van der Waals surface area contributed by atoms with Crippen molar-refractivity contribution in [1.82, 2.24) is 10.3 Å². The van der Waals surface area contributed by atoms with Gasteiger partial charge in [0.1, 0.15) is 6.17 Å². The Morgan fingerprint density at radius 3 is 2.27 bits per heavy atom. The molecule has 0 bridgehead atoms. The number of allylic oxidation sites excluding steroid dienone is 7. The first-order valence-corrected chi connectivity index (χ1v) is 17.4. The normalized spacial score (nSPS) is 21.9. The van der Waals surface area contributed by atoms with Crippen LogP contribution in [0.15, 0.2) is 170 Å². The van der Waals surface area contributed by atoms with Crippen LogP contribution in [0.25, 0.3) is 50.0 Å². The number of aromatic nitrogens is 1. The van der Waals surface area contributed by atoms with Crippen LogP contribution in [0, 0.1) is 5.92 Å². The quantitative estimate of drug-likeness (QED) is 0.197. The molecule has 4 aliphatic rings. The zero-order chi connectivity index (χ0) is 32.3. The molecule has 1 aliphatic heterocycles. The summed E-state index contributed by atoms with van der Waals surface area (Å²) >= 11 is 0. The molecule has 10 rings (SSSR count). The van der Waals surface area contributed by atoms with Gasteiger partial charge in [-0.15, -0.1) is 0 Å². The molecule has 1 fully saturated rings. The molecule has 49 heavy (non-hydrogen) atoms. The molecule has 3 nitrogen and oxygen atoms in total. The summed E-state index contributed by atoms with van der Waals surface area (Å²) in [6.07, 6.45) is 21.4. The Kier molecular flexibility index (Phi) is 6.60. The summed E-state index contributed by atoms with van der Waals surface area (Å²) in [5, 5.41) is 7.53. The van der Waals surface area contributed by atoms with Crippen LogP contribution in [0.5, 0.6) is 0 Å². The third-order valence-corrected chi connectivity index (χ3v) is 10.7. The minimum atomic E-state index is 0.0827. The molecule has 3 heteroatoms. The number of hydrogen-bond donors (Lipinski definition) is 1. The van der Waals surface area contributed by atoms with Crippen molar-refractivity contribution in [2.24, 2.45) is 5.92 Å². The Bertz CT molecular complexity index is 2390. The molecule has 0 amide bonds. The number of rotatable bonds is 4. The van der Waals surface area contributed by atoms with Crippen molar-refractivity contribution in [3.8, 4) is 22.3 Å². The molecule has 0 radical (unpaired) electrons. The third-order valence-electron chi connectivity index (χ3n) is 10.7. The highest BCUT2D eigenvalue weighted by Gasteiger charge is 2.37. The van der Waals surface area contributed by atoms with Gasteiger partial charge < -0.3 is 4.90 Å². The average molecular weight is 630 g/mol. The van der Waals surface area contributed by atoms with E-state index in [4.69, 9.17) is 4.98 Å². The minimum Gasteiger partial charge on any atom is -0.323 e. The highest BCUT2D eigenvalue weighted by molar-refractivity contribution is 6.12. The molecule has 3 aliphatic carbocycles. The number of para-hydroxylation sites is 1. The van der Waals surface area contributed by atoms with Gasteiger partial charge in [-0.2, -0.15) is 0 Å². The summed E-state index contributed by atoms with van der Waals surface area (Å²) in [6, 6.07) is 42.4. The number of nitrogens with zero attached hydrogens (tertiary/aromatic N) is 2. The van der Waals surface area contributed by atoms with Crippen LogP contribution >= 0.6 is 0 Å². The van der Waals surface area contributed by atoms with Gasteiger partial charge in [0.05, 0.1) is 17.3 Å². The molecule has 0 saturated carbocycles. The number of fused-ring (bicyclic) bond motifs is 7. The largest absolute Gasteiger partial charge is 0.323 e. The predicted molar refractivity (Wildman–Crippen MR) is 204 cm³/mol. The van der Waals surface area contributed by atoms with Gasteiger partial charge in [-0.05, 0) is 52.3 Å². The number of anilines is 1. The molecule has 5 aromatic carbocycles. The zero-order valence-corrected chi connectivity index (χ0v) is 27.1. The highest BCUT2D eigenvalue weighted by atomic mass is 15.4. The van der Waals surface area contributed by atoms with Gasteiger partial charge in [0.25, 0.3) is 0 Å². The van der Waals surface area contributed by atoms with Gasteiger partial charge in [0.2, 0.25) is 0 Å². The molecular weight excluding hydrogens is 595 g/mol. The number of hydrogen-bond acceptors (Lipinski definition) is 3. The van der Waals surface area contributed by atoms with E-state index in [1.165, 1.54) is 66.6 Å². The fraction of sp³-hybridized carbons (Fsp3) is 0.109. The summed E-state index contributed by atoms with van der Waals surface area (Å²) < 4.78 is 0. The highest BCUT2D eigenvalue weighted by Crippen LogP contribution is 2.45. The van der Waals surface area contributed by atoms with Crippen molar-refractivity contribution < 1.29 is 0 Å². The Morgan fingerprint density at radius 1 is 0.653 bits per heavy atom. The van der Waals surface area contributed by atoms with Crippen molar-refractivity contribution in [2.75, 3.05) is 4.90 Å². The van der Waals surface area contributed by atoms with Crippen LogP contribution in [0.3, 0.4) is 0 Å².